The smallest absolute Gasteiger partial charge is 0.162 e. The van der Waals surface area contributed by atoms with Crippen molar-refractivity contribution in [2.24, 2.45) is 5.73 Å². The van der Waals surface area contributed by atoms with Crippen LogP contribution in [0.4, 0.5) is 5.82 Å². The number of fused-ring (bicyclic) bond motifs is 1. The van der Waals surface area contributed by atoms with E-state index in [4.69, 9.17) is 10.7 Å². The lowest BCUT2D eigenvalue weighted by Crippen LogP contribution is -2.08. The molecule has 0 aliphatic heterocycles. The first-order valence-electron chi connectivity index (χ1n) is 7.64. The Morgan fingerprint density at radius 1 is 0.864 bits per heavy atom. The molecule has 0 amide bonds. The number of hydrogen-bond acceptors (Lipinski definition) is 4. The lowest BCUT2D eigenvalue weighted by molar-refractivity contribution is 0.773. The molecule has 0 unspecified atom stereocenters. The van der Waals surface area contributed by atoms with Crippen LogP contribution in [0.1, 0.15) is 12.8 Å². The molecule has 3 rings (SSSR count). The molecule has 0 saturated carbocycles. The Morgan fingerprint density at radius 2 is 1.64 bits per heavy atom. The Labute approximate surface area is 130 Å². The minimum atomic E-state index is 0.724. The lowest BCUT2D eigenvalue weighted by Gasteiger charge is -2.10. The van der Waals surface area contributed by atoms with Gasteiger partial charge >= 0.3 is 0 Å². The molecule has 4 nitrogen and oxygen atoms in total. The summed E-state index contributed by atoms with van der Waals surface area (Å²) < 4.78 is 0. The Morgan fingerprint density at radius 3 is 2.45 bits per heavy atom. The summed E-state index contributed by atoms with van der Waals surface area (Å²) in [5, 5.41) is 4.48. The molecule has 0 aliphatic carbocycles. The summed E-state index contributed by atoms with van der Waals surface area (Å²) in [5.41, 5.74) is 7.53. The number of nitrogens with zero attached hydrogens (tertiary/aromatic N) is 2. The molecule has 3 aromatic rings. The molecule has 3 N–H and O–H groups in total. The van der Waals surface area contributed by atoms with E-state index in [1.807, 2.05) is 48.5 Å². The van der Waals surface area contributed by atoms with Gasteiger partial charge in [-0.1, -0.05) is 42.5 Å². The zero-order valence-electron chi connectivity index (χ0n) is 12.5. The van der Waals surface area contributed by atoms with Gasteiger partial charge in [0.2, 0.25) is 0 Å². The van der Waals surface area contributed by atoms with E-state index in [-0.39, 0.29) is 0 Å². The van der Waals surface area contributed by atoms with Crippen LogP contribution in [0.25, 0.3) is 22.3 Å². The number of unbranched alkanes of at least 4 members (excludes halogenated alkanes) is 1. The normalized spacial score (nSPS) is 10.8. The summed E-state index contributed by atoms with van der Waals surface area (Å²) in [4.78, 5) is 9.39. The maximum Gasteiger partial charge on any atom is 0.162 e. The summed E-state index contributed by atoms with van der Waals surface area (Å²) in [7, 11) is 0. The molecule has 0 aliphatic rings. The zero-order chi connectivity index (χ0) is 15.2. The molecular formula is C18H20N4. The Balaban J connectivity index is 1.97. The van der Waals surface area contributed by atoms with Gasteiger partial charge < -0.3 is 11.1 Å². The van der Waals surface area contributed by atoms with Crippen LogP contribution in [0.15, 0.2) is 54.6 Å². The van der Waals surface area contributed by atoms with Gasteiger partial charge in [-0.05, 0) is 31.5 Å². The van der Waals surface area contributed by atoms with Gasteiger partial charge in [0.25, 0.3) is 0 Å². The van der Waals surface area contributed by atoms with Crippen LogP contribution in [-0.2, 0) is 0 Å². The average molecular weight is 292 g/mol. The maximum absolute atomic E-state index is 5.55. The number of rotatable bonds is 6. The molecule has 4 heteroatoms. The van der Waals surface area contributed by atoms with Gasteiger partial charge in [0.15, 0.2) is 5.82 Å². The van der Waals surface area contributed by atoms with Gasteiger partial charge in [-0.25, -0.2) is 9.97 Å². The lowest BCUT2D eigenvalue weighted by atomic mass is 10.2. The van der Waals surface area contributed by atoms with E-state index in [0.717, 1.165) is 54.0 Å². The third-order valence-corrected chi connectivity index (χ3v) is 3.56. The SMILES string of the molecule is NCCCCNc1nc(-c2ccccc2)nc2ccccc12. The van der Waals surface area contributed by atoms with E-state index in [0.29, 0.717) is 0 Å². The minimum absolute atomic E-state index is 0.724. The Kier molecular flexibility index (Phi) is 4.61. The van der Waals surface area contributed by atoms with E-state index in [1.54, 1.807) is 0 Å². The van der Waals surface area contributed by atoms with Crippen molar-refractivity contribution in [3.05, 3.63) is 54.6 Å². The number of aromatic nitrogens is 2. The molecule has 0 saturated heterocycles. The molecule has 1 aromatic heterocycles. The fraction of sp³-hybridized carbons (Fsp3) is 0.222. The predicted molar refractivity (Wildman–Crippen MR) is 91.8 cm³/mol. The first-order valence-corrected chi connectivity index (χ1v) is 7.64. The predicted octanol–water partition coefficient (Wildman–Crippen LogP) is 3.45. The van der Waals surface area contributed by atoms with Crippen molar-refractivity contribution in [2.75, 3.05) is 18.4 Å². The van der Waals surface area contributed by atoms with Crippen molar-refractivity contribution >= 4 is 16.7 Å². The third-order valence-electron chi connectivity index (χ3n) is 3.56. The van der Waals surface area contributed by atoms with E-state index in [9.17, 15) is 0 Å². The highest BCUT2D eigenvalue weighted by molar-refractivity contribution is 5.90. The van der Waals surface area contributed by atoms with Crippen molar-refractivity contribution in [1.29, 1.82) is 0 Å². The van der Waals surface area contributed by atoms with Crippen LogP contribution in [0, 0.1) is 0 Å². The molecule has 0 radical (unpaired) electrons. The summed E-state index contributed by atoms with van der Waals surface area (Å²) >= 11 is 0. The van der Waals surface area contributed by atoms with E-state index in [2.05, 4.69) is 16.4 Å². The van der Waals surface area contributed by atoms with Crippen LogP contribution >= 0.6 is 0 Å². The van der Waals surface area contributed by atoms with Gasteiger partial charge in [0, 0.05) is 17.5 Å². The van der Waals surface area contributed by atoms with Crippen molar-refractivity contribution in [3.63, 3.8) is 0 Å². The van der Waals surface area contributed by atoms with Crippen LogP contribution in [0.3, 0.4) is 0 Å². The number of benzene rings is 2. The molecule has 0 spiro atoms. The molecule has 0 fully saturated rings. The Hall–Kier alpha value is -2.46. The van der Waals surface area contributed by atoms with Gasteiger partial charge in [0.1, 0.15) is 5.82 Å². The zero-order valence-corrected chi connectivity index (χ0v) is 12.5. The van der Waals surface area contributed by atoms with Crippen LogP contribution < -0.4 is 11.1 Å². The summed E-state index contributed by atoms with van der Waals surface area (Å²) in [5.74, 6) is 1.64. The summed E-state index contributed by atoms with van der Waals surface area (Å²) in [6.07, 6.45) is 2.05. The fourth-order valence-electron chi connectivity index (χ4n) is 2.40. The minimum Gasteiger partial charge on any atom is -0.369 e. The number of hydrogen-bond donors (Lipinski definition) is 2. The number of nitrogens with one attached hydrogen (secondary N) is 1. The first-order chi connectivity index (χ1) is 10.9. The maximum atomic E-state index is 5.55. The Bertz CT molecular complexity index is 740. The molecule has 22 heavy (non-hydrogen) atoms. The molecule has 0 atom stereocenters. The highest BCUT2D eigenvalue weighted by atomic mass is 15.0. The number of anilines is 1. The summed E-state index contributed by atoms with van der Waals surface area (Å²) in [6.45, 7) is 1.59. The van der Waals surface area contributed by atoms with Crippen molar-refractivity contribution < 1.29 is 0 Å². The second kappa shape index (κ2) is 7.00. The highest BCUT2D eigenvalue weighted by Crippen LogP contribution is 2.24. The van der Waals surface area contributed by atoms with Crippen molar-refractivity contribution in [1.82, 2.24) is 9.97 Å². The second-order valence-electron chi connectivity index (χ2n) is 5.20. The van der Waals surface area contributed by atoms with Gasteiger partial charge in [-0.3, -0.25) is 0 Å². The quantitative estimate of drug-likeness (QED) is 0.683. The molecule has 0 bridgehead atoms. The van der Waals surface area contributed by atoms with Crippen molar-refractivity contribution in [2.45, 2.75) is 12.8 Å². The van der Waals surface area contributed by atoms with Gasteiger partial charge in [-0.2, -0.15) is 0 Å². The number of nitrogens with two attached hydrogens (primary N) is 1. The largest absolute Gasteiger partial charge is 0.369 e. The number of para-hydroxylation sites is 1. The highest BCUT2D eigenvalue weighted by Gasteiger charge is 2.08. The molecule has 1 heterocycles. The standard InChI is InChI=1S/C18H20N4/c19-12-6-7-13-20-18-15-10-4-5-11-16(15)21-17(22-18)14-8-2-1-3-9-14/h1-5,8-11H,6-7,12-13,19H2,(H,20,21,22). The third kappa shape index (κ3) is 3.23. The second-order valence-corrected chi connectivity index (χ2v) is 5.20. The first kappa shape index (κ1) is 14.5. The van der Waals surface area contributed by atoms with Gasteiger partial charge in [-0.15, -0.1) is 0 Å². The fourth-order valence-corrected chi connectivity index (χ4v) is 2.40. The monoisotopic (exact) mass is 292 g/mol. The molecular weight excluding hydrogens is 272 g/mol. The van der Waals surface area contributed by atoms with E-state index in [1.165, 1.54) is 0 Å². The average Bonchev–Trinajstić information content (AvgIpc) is 2.59. The van der Waals surface area contributed by atoms with Gasteiger partial charge in [0.05, 0.1) is 5.52 Å². The topological polar surface area (TPSA) is 63.8 Å². The van der Waals surface area contributed by atoms with Crippen molar-refractivity contribution in [3.8, 4) is 11.4 Å². The van der Waals surface area contributed by atoms with E-state index < -0.39 is 0 Å². The van der Waals surface area contributed by atoms with E-state index >= 15 is 0 Å². The molecule has 2 aromatic carbocycles. The van der Waals surface area contributed by atoms with Crippen LogP contribution in [0.5, 0.6) is 0 Å². The van der Waals surface area contributed by atoms with Crippen LogP contribution in [-0.4, -0.2) is 23.1 Å². The van der Waals surface area contributed by atoms with Crippen LogP contribution in [0.2, 0.25) is 0 Å². The molecule has 112 valence electrons. The summed E-state index contributed by atoms with van der Waals surface area (Å²) in [6, 6.07) is 18.1.